The molecule has 632 valence electrons. The lowest BCUT2D eigenvalue weighted by Crippen LogP contribution is -2.48. The number of carbonyl (C=O) groups excluding carboxylic acids is 10. The minimum atomic E-state index is -1.25. The SMILES string of the molecule is CC1(c2ccc(C(=O)N[C@H](CC(=O)O)C(=O)NCCCOCCOCCOCCCNC(=O)CCCC[C@@H]3SC[C@@H]4NC(=O)N[C@@H]43)cc2)N=N1.CC1(c2ccc(C(=O)N[C@H](CC(=O)OCCNC(=O)c3ccc(SOON)cc3)C(=O)NCCCOCCOCCOCCCNC(=O)CCCC[C@@H]3SC[C@@H]4NC(=O)N[C@@H]43)cc2)N=N1. The molecule has 0 aliphatic carbocycles. The smallest absolute Gasteiger partial charge is 0.315 e. The molecule has 9 rings (SSSR count). The average molecular weight is 1670 g/mol. The molecule has 4 fully saturated rings. The van der Waals surface area contributed by atoms with Crippen molar-refractivity contribution >= 4 is 101 Å². The fraction of sp³-hybridized carbons (Fsp3) is 0.613. The van der Waals surface area contributed by atoms with Crippen LogP contribution in [-0.2, 0) is 82.6 Å². The topological polar surface area (TPSA) is 499 Å². The standard InChI is InChI=1S/C42H59N9O12S2.C33H49N7O9S/c1-42(50-51-42)30-12-8-29(9-13-30)39(55)47-32(26-36(53)61-21-18-46-38(54)28-10-14-31(15-11-28)65-63-62-43)40(56)45-17-5-20-59-23-25-60-24-22-58-19-4-16-44-35(52)7-3-2-6-34-37-33(27-64-34)48-41(57)49-37;1-33(39-40-33)23-10-8-22(9-11-23)30(44)36-24(20-28(42)43)31(45)35-13-5-15-48-17-19-49-18-16-47-14-4-12-34-27(41)7-3-2-6-26-29-25(21-50-26)37-32(46)38-29/h8-15,32-34,37H,2-7,16-27,43H2,1H3,(H,44,52)(H,45,56)(H,46,54)(H,47,55)(H2,48,49,57);8-11,24-26,29H,2-7,12-21H2,1H3,(H,34,41)(H,35,45)(H,36,44)(H,42,43)(H2,37,38,46)/t32-,33+,34+,37+;24-,25+,26+,29+/m11/s1. The number of aliphatic carboxylic acids is 1. The Morgan fingerprint density at radius 3 is 1.26 bits per heavy atom. The zero-order valence-corrected chi connectivity index (χ0v) is 67.2. The van der Waals surface area contributed by atoms with E-state index in [1.807, 2.05) is 37.4 Å². The number of nitrogens with two attached hydrogens (primary N) is 1. The third-order valence-corrected chi connectivity index (χ3v) is 22.5. The van der Waals surface area contributed by atoms with Crippen LogP contribution in [0.2, 0.25) is 0 Å². The number of amides is 11. The van der Waals surface area contributed by atoms with Gasteiger partial charge in [-0.15, -0.1) is 9.32 Å². The van der Waals surface area contributed by atoms with E-state index < -0.39 is 77.7 Å². The maximum Gasteiger partial charge on any atom is 0.315 e. The first-order valence-corrected chi connectivity index (χ1v) is 41.6. The Kier molecular flexibility index (Phi) is 40.0. The highest BCUT2D eigenvalue weighted by atomic mass is 32.2. The van der Waals surface area contributed by atoms with Gasteiger partial charge in [-0.3, -0.25) is 43.2 Å². The molecule has 14 N–H and O–H groups in total. The van der Waals surface area contributed by atoms with E-state index in [9.17, 15) is 57.8 Å². The summed E-state index contributed by atoms with van der Waals surface area (Å²) in [6, 6.07) is 17.9. The van der Waals surface area contributed by atoms with Crippen LogP contribution in [0, 0.1) is 0 Å². The second-order valence-electron chi connectivity index (χ2n) is 27.8. The van der Waals surface area contributed by atoms with Crippen molar-refractivity contribution in [2.24, 2.45) is 26.4 Å². The van der Waals surface area contributed by atoms with Crippen LogP contribution in [0.25, 0.3) is 0 Å². The van der Waals surface area contributed by atoms with Crippen molar-refractivity contribution in [2.75, 3.05) is 130 Å². The van der Waals surface area contributed by atoms with Gasteiger partial charge >= 0.3 is 24.0 Å². The molecule has 0 bridgehead atoms. The van der Waals surface area contributed by atoms with Crippen molar-refractivity contribution in [1.29, 1.82) is 0 Å². The van der Waals surface area contributed by atoms with Crippen molar-refractivity contribution in [3.8, 4) is 0 Å². The number of carbonyl (C=O) groups is 11. The predicted molar refractivity (Wildman–Crippen MR) is 422 cm³/mol. The summed E-state index contributed by atoms with van der Waals surface area (Å²) in [5, 5.41) is 56.9. The lowest BCUT2D eigenvalue weighted by atomic mass is 10.0. The summed E-state index contributed by atoms with van der Waals surface area (Å²) in [7, 11) is 0. The molecule has 37 nitrogen and oxygen atoms in total. The average Bonchev–Trinajstić information content (AvgIpc) is 1.60. The first kappa shape index (κ1) is 91.8. The zero-order valence-electron chi connectivity index (χ0n) is 64.8. The summed E-state index contributed by atoms with van der Waals surface area (Å²) in [5.41, 5.74) is 1.38. The Bertz CT molecular complexity index is 3680. The molecule has 6 aliphatic heterocycles. The quantitative estimate of drug-likeness (QED) is 0.00945. The first-order valence-electron chi connectivity index (χ1n) is 38.8. The van der Waals surface area contributed by atoms with Crippen LogP contribution in [0.3, 0.4) is 0 Å². The van der Waals surface area contributed by atoms with Gasteiger partial charge in [-0.05, 0) is 114 Å². The number of nitrogens with one attached hydrogen (secondary N) is 11. The normalized spacial score (nSPS) is 19.1. The van der Waals surface area contributed by atoms with Gasteiger partial charge in [0.05, 0.1) is 108 Å². The number of hydrogen-bond donors (Lipinski definition) is 13. The molecule has 6 heterocycles. The summed E-state index contributed by atoms with van der Waals surface area (Å²) in [4.78, 5) is 140. The van der Waals surface area contributed by atoms with Gasteiger partial charge in [-0.25, -0.2) is 9.59 Å². The summed E-state index contributed by atoms with van der Waals surface area (Å²) in [6.07, 6.45) is 7.89. The minimum Gasteiger partial charge on any atom is -0.481 e. The molecule has 0 saturated carbocycles. The highest BCUT2D eigenvalue weighted by Gasteiger charge is 2.44. The van der Waals surface area contributed by atoms with Crippen LogP contribution >= 0.6 is 35.6 Å². The summed E-state index contributed by atoms with van der Waals surface area (Å²) < 4.78 is 43.1. The Morgan fingerprint density at radius 1 is 0.478 bits per heavy atom. The number of hydrogen-bond acceptors (Lipinski definition) is 28. The highest BCUT2D eigenvalue weighted by Crippen LogP contribution is 2.40. The zero-order chi connectivity index (χ0) is 82.1. The van der Waals surface area contributed by atoms with Gasteiger partial charge in [0.15, 0.2) is 0 Å². The van der Waals surface area contributed by atoms with Gasteiger partial charge in [-0.1, -0.05) is 37.1 Å². The van der Waals surface area contributed by atoms with Crippen molar-refractivity contribution in [2.45, 2.75) is 167 Å². The van der Waals surface area contributed by atoms with Crippen molar-refractivity contribution in [3.63, 3.8) is 0 Å². The molecule has 40 heteroatoms. The number of ether oxygens (including phenoxy) is 7. The fourth-order valence-electron chi connectivity index (χ4n) is 12.3. The third kappa shape index (κ3) is 33.8. The second-order valence-corrected chi connectivity index (χ2v) is 31.1. The van der Waals surface area contributed by atoms with Crippen LogP contribution < -0.4 is 64.4 Å². The fourth-order valence-corrected chi connectivity index (χ4v) is 15.8. The number of unbranched alkanes of at least 4 members (excludes halogenated alkanes) is 2. The van der Waals surface area contributed by atoms with E-state index in [4.69, 9.17) is 39.1 Å². The number of urea groups is 2. The largest absolute Gasteiger partial charge is 0.481 e. The van der Waals surface area contributed by atoms with Gasteiger partial charge in [-0.2, -0.15) is 49.9 Å². The van der Waals surface area contributed by atoms with Gasteiger partial charge in [0, 0.05) is 120 Å². The maximum atomic E-state index is 13.2. The van der Waals surface area contributed by atoms with Crippen molar-refractivity contribution in [1.82, 2.24) is 58.5 Å². The number of thioether (sulfide) groups is 2. The van der Waals surface area contributed by atoms with Crippen molar-refractivity contribution in [3.05, 3.63) is 101 Å². The lowest BCUT2D eigenvalue weighted by Gasteiger charge is -2.18. The van der Waals surface area contributed by atoms with Gasteiger partial charge in [0.1, 0.15) is 18.7 Å². The molecule has 0 radical (unpaired) electrons. The molecule has 0 unspecified atom stereocenters. The van der Waals surface area contributed by atoms with E-state index in [1.165, 1.54) is 0 Å². The van der Waals surface area contributed by atoms with Gasteiger partial charge < -0.3 is 96.7 Å². The van der Waals surface area contributed by atoms with Crippen molar-refractivity contribution < 1.29 is 100 Å². The molecule has 4 saturated heterocycles. The number of nitrogens with zero attached hydrogens (tertiary/aromatic N) is 4. The van der Waals surface area contributed by atoms with E-state index in [0.29, 0.717) is 157 Å². The number of rotatable bonds is 57. The van der Waals surface area contributed by atoms with E-state index in [-0.39, 0.29) is 79.8 Å². The molecule has 0 spiro atoms. The highest BCUT2D eigenvalue weighted by molar-refractivity contribution is 8.00. The second kappa shape index (κ2) is 50.1. The summed E-state index contributed by atoms with van der Waals surface area (Å²) in [6.45, 7) is 9.90. The van der Waals surface area contributed by atoms with E-state index in [0.717, 1.165) is 73.2 Å². The molecular weight excluding hydrogens is 1560 g/mol. The lowest BCUT2D eigenvalue weighted by molar-refractivity contribution is -0.195. The molecule has 0 aromatic heterocycles. The van der Waals surface area contributed by atoms with E-state index in [1.54, 1.807) is 72.8 Å². The van der Waals surface area contributed by atoms with Gasteiger partial charge in [0.25, 0.3) is 17.7 Å². The van der Waals surface area contributed by atoms with E-state index in [2.05, 4.69) is 88.3 Å². The molecule has 3 aromatic rings. The van der Waals surface area contributed by atoms with Crippen LogP contribution in [0.4, 0.5) is 9.59 Å². The third-order valence-electron chi connectivity index (χ3n) is 18.9. The summed E-state index contributed by atoms with van der Waals surface area (Å²) in [5.74, 6) is 2.14. The Balaban J connectivity index is 0.000000298. The molecule has 115 heavy (non-hydrogen) atoms. The Hall–Kier alpha value is -8.68. The number of fused-ring (bicyclic) bond motifs is 2. The van der Waals surface area contributed by atoms with Crippen LogP contribution in [-0.4, -0.2) is 247 Å². The summed E-state index contributed by atoms with van der Waals surface area (Å²) >= 11 is 4.64. The first-order chi connectivity index (χ1) is 55.7. The van der Waals surface area contributed by atoms with E-state index >= 15 is 0 Å². The molecule has 6 aliphatic rings. The number of carboxylic acids is 1. The minimum absolute atomic E-state index is 0.00545. The molecule has 3 aromatic carbocycles. The Morgan fingerprint density at radius 2 is 0.861 bits per heavy atom. The predicted octanol–water partition coefficient (Wildman–Crippen LogP) is 4.09. The molecule has 11 amide bonds. The monoisotopic (exact) mass is 1660 g/mol. The number of carboxylic acid groups (broad SMARTS) is 1. The molecular formula is C75H108N16O21S3. The number of benzene rings is 3. The van der Waals surface area contributed by atoms with Crippen LogP contribution in [0.1, 0.15) is 146 Å². The number of esters is 1. The van der Waals surface area contributed by atoms with Crippen LogP contribution in [0.15, 0.2) is 98.1 Å². The molecule has 8 atom stereocenters. The maximum absolute atomic E-state index is 13.2. The van der Waals surface area contributed by atoms with Crippen LogP contribution in [0.5, 0.6) is 0 Å². The Labute approximate surface area is 680 Å². The van der Waals surface area contributed by atoms with Gasteiger partial charge in [0.2, 0.25) is 35.0 Å².